The number of rotatable bonds is 8. The van der Waals surface area contributed by atoms with Crippen molar-refractivity contribution in [1.29, 1.82) is 0 Å². The lowest BCUT2D eigenvalue weighted by atomic mass is 10.1. The number of fused-ring (bicyclic) bond motifs is 1. The monoisotopic (exact) mass is 411 g/mol. The molecule has 1 amide bonds. The lowest BCUT2D eigenvalue weighted by Crippen LogP contribution is -2.35. The van der Waals surface area contributed by atoms with E-state index in [1.54, 1.807) is 24.4 Å². The van der Waals surface area contributed by atoms with Gasteiger partial charge in [0.2, 0.25) is 0 Å². The van der Waals surface area contributed by atoms with Gasteiger partial charge in [-0.2, -0.15) is 0 Å². The number of sulfonamides is 1. The fourth-order valence-electron chi connectivity index (χ4n) is 2.93. The van der Waals surface area contributed by atoms with Crippen LogP contribution in [-0.2, 0) is 14.8 Å². The molecule has 3 aromatic rings. The van der Waals surface area contributed by atoms with Crippen LogP contribution in [0.1, 0.15) is 30.1 Å². The van der Waals surface area contributed by atoms with Crippen LogP contribution in [0.3, 0.4) is 0 Å². The van der Waals surface area contributed by atoms with Gasteiger partial charge in [-0.15, -0.1) is 0 Å². The number of anilines is 1. The largest absolute Gasteiger partial charge is 0.343 e. The van der Waals surface area contributed by atoms with Crippen molar-refractivity contribution >= 4 is 38.8 Å². The van der Waals surface area contributed by atoms with E-state index < -0.39 is 22.0 Å². The van der Waals surface area contributed by atoms with E-state index in [1.165, 1.54) is 24.3 Å². The first kappa shape index (κ1) is 20.5. The molecule has 2 N–H and O–H groups in total. The van der Waals surface area contributed by atoms with Crippen LogP contribution in [0.4, 0.5) is 5.69 Å². The molecule has 150 valence electrons. The van der Waals surface area contributed by atoms with Gasteiger partial charge in [0, 0.05) is 17.1 Å². The molecule has 1 aromatic heterocycles. The minimum absolute atomic E-state index is 0.0590. The van der Waals surface area contributed by atoms with Crippen LogP contribution < -0.4 is 10.0 Å². The van der Waals surface area contributed by atoms with Crippen molar-refractivity contribution in [2.75, 3.05) is 4.72 Å². The predicted molar refractivity (Wildman–Crippen MR) is 111 cm³/mol. The summed E-state index contributed by atoms with van der Waals surface area (Å²) in [5, 5.41) is 3.41. The molecule has 1 heterocycles. The lowest BCUT2D eigenvalue weighted by molar-refractivity contribution is -0.109. The molecule has 3 rings (SSSR count). The molecule has 0 fully saturated rings. The second-order valence-electron chi connectivity index (χ2n) is 6.52. The van der Waals surface area contributed by atoms with E-state index in [1.807, 2.05) is 19.1 Å². The highest BCUT2D eigenvalue weighted by Crippen LogP contribution is 2.24. The molecule has 1 unspecified atom stereocenters. The summed E-state index contributed by atoms with van der Waals surface area (Å²) in [6.07, 6.45) is 3.52. The van der Waals surface area contributed by atoms with Crippen LogP contribution in [0, 0.1) is 0 Å². The molecule has 0 spiro atoms. The molecule has 0 aliphatic rings. The summed E-state index contributed by atoms with van der Waals surface area (Å²) >= 11 is 0. The summed E-state index contributed by atoms with van der Waals surface area (Å²) in [6.45, 7) is 1.91. The summed E-state index contributed by atoms with van der Waals surface area (Å²) in [5.74, 6) is -0.501. The van der Waals surface area contributed by atoms with Gasteiger partial charge in [-0.05, 0) is 36.8 Å². The number of nitrogens with zero attached hydrogens (tertiary/aromatic N) is 1. The number of carbonyl (C=O) groups excluding carboxylic acids is 2. The average Bonchev–Trinajstić information content (AvgIpc) is 2.73. The molecule has 0 radical (unpaired) electrons. The summed E-state index contributed by atoms with van der Waals surface area (Å²) in [4.78, 5) is 27.7. The third-order valence-corrected chi connectivity index (χ3v) is 5.73. The molecular formula is C21H21N3O4S. The van der Waals surface area contributed by atoms with Gasteiger partial charge in [0.25, 0.3) is 15.9 Å². The smallest absolute Gasteiger partial charge is 0.261 e. The van der Waals surface area contributed by atoms with Crippen molar-refractivity contribution in [2.24, 2.45) is 0 Å². The zero-order valence-electron chi connectivity index (χ0n) is 15.8. The number of para-hydroxylation sites is 1. The number of aromatic nitrogens is 1. The number of amides is 1. The summed E-state index contributed by atoms with van der Waals surface area (Å²) < 4.78 is 28.3. The van der Waals surface area contributed by atoms with Crippen molar-refractivity contribution in [3.05, 3.63) is 66.4 Å². The fourth-order valence-corrected chi connectivity index (χ4v) is 4.04. The number of aldehydes is 1. The first-order valence-corrected chi connectivity index (χ1v) is 10.7. The third kappa shape index (κ3) is 4.78. The maximum Gasteiger partial charge on any atom is 0.261 e. The molecule has 0 saturated carbocycles. The Kier molecular flexibility index (Phi) is 6.23. The highest BCUT2D eigenvalue weighted by molar-refractivity contribution is 7.92. The van der Waals surface area contributed by atoms with E-state index in [4.69, 9.17) is 0 Å². The molecule has 7 nitrogen and oxygen atoms in total. The third-order valence-electron chi connectivity index (χ3n) is 4.36. The Bertz CT molecular complexity index is 1140. The number of benzene rings is 2. The molecular weight excluding hydrogens is 390 g/mol. The number of nitrogens with one attached hydrogen (secondary N) is 2. The first-order valence-electron chi connectivity index (χ1n) is 9.17. The van der Waals surface area contributed by atoms with Gasteiger partial charge in [0.05, 0.1) is 22.1 Å². The highest BCUT2D eigenvalue weighted by atomic mass is 32.2. The van der Waals surface area contributed by atoms with Crippen LogP contribution in [-0.4, -0.2) is 31.6 Å². The quantitative estimate of drug-likeness (QED) is 0.554. The standard InChI is InChI=1S/C21H21N3O4S/c1-2-6-17(14-25)23-21(26)16-8-3-10-18(13-16)29(27,28)24-19-11-4-7-15-9-5-12-22-20(15)19/h3-5,7-14,17,24H,2,6H2,1H3,(H,23,26). The first-order chi connectivity index (χ1) is 13.9. The Labute approximate surface area is 169 Å². The second kappa shape index (κ2) is 8.83. The molecule has 0 aliphatic heterocycles. The normalized spacial score (nSPS) is 12.3. The Morgan fingerprint density at radius 2 is 1.90 bits per heavy atom. The van der Waals surface area contributed by atoms with Crippen molar-refractivity contribution in [3.8, 4) is 0 Å². The van der Waals surface area contributed by atoms with Crippen LogP contribution >= 0.6 is 0 Å². The Morgan fingerprint density at radius 1 is 1.14 bits per heavy atom. The molecule has 1 atom stereocenters. The van der Waals surface area contributed by atoms with E-state index in [0.717, 1.165) is 11.8 Å². The van der Waals surface area contributed by atoms with E-state index in [2.05, 4.69) is 15.0 Å². The lowest BCUT2D eigenvalue weighted by Gasteiger charge is -2.13. The fraction of sp³-hybridized carbons (Fsp3) is 0.190. The highest BCUT2D eigenvalue weighted by Gasteiger charge is 2.19. The van der Waals surface area contributed by atoms with Gasteiger partial charge >= 0.3 is 0 Å². The minimum Gasteiger partial charge on any atom is -0.343 e. The minimum atomic E-state index is -3.94. The van der Waals surface area contributed by atoms with Crippen molar-refractivity contribution in [2.45, 2.75) is 30.7 Å². The Morgan fingerprint density at radius 3 is 2.66 bits per heavy atom. The SMILES string of the molecule is CCCC(C=O)NC(=O)c1cccc(S(=O)(=O)Nc2cccc3cccnc23)c1. The Balaban J connectivity index is 1.87. The molecule has 2 aromatic carbocycles. The van der Waals surface area contributed by atoms with Gasteiger partial charge in [-0.25, -0.2) is 8.42 Å². The van der Waals surface area contributed by atoms with Gasteiger partial charge in [-0.1, -0.05) is 37.6 Å². The van der Waals surface area contributed by atoms with Crippen LogP contribution in [0.2, 0.25) is 0 Å². The molecule has 0 bridgehead atoms. The van der Waals surface area contributed by atoms with Gasteiger partial charge in [0.1, 0.15) is 6.29 Å². The van der Waals surface area contributed by atoms with E-state index in [0.29, 0.717) is 23.9 Å². The van der Waals surface area contributed by atoms with E-state index in [-0.39, 0.29) is 10.5 Å². The van der Waals surface area contributed by atoms with E-state index in [9.17, 15) is 18.0 Å². The summed E-state index contributed by atoms with van der Waals surface area (Å²) in [7, 11) is -3.94. The van der Waals surface area contributed by atoms with Crippen LogP contribution in [0.5, 0.6) is 0 Å². The summed E-state index contributed by atoms with van der Waals surface area (Å²) in [5.41, 5.74) is 1.04. The van der Waals surface area contributed by atoms with E-state index >= 15 is 0 Å². The second-order valence-corrected chi connectivity index (χ2v) is 8.20. The molecule has 0 aliphatic carbocycles. The zero-order chi connectivity index (χ0) is 20.9. The molecule has 29 heavy (non-hydrogen) atoms. The number of carbonyl (C=O) groups is 2. The maximum absolute atomic E-state index is 12.9. The van der Waals surface area contributed by atoms with Crippen molar-refractivity contribution in [1.82, 2.24) is 10.3 Å². The average molecular weight is 411 g/mol. The van der Waals surface area contributed by atoms with Crippen molar-refractivity contribution in [3.63, 3.8) is 0 Å². The predicted octanol–water partition coefficient (Wildman–Crippen LogP) is 3.13. The van der Waals surface area contributed by atoms with Crippen LogP contribution in [0.25, 0.3) is 10.9 Å². The van der Waals surface area contributed by atoms with Crippen molar-refractivity contribution < 1.29 is 18.0 Å². The van der Waals surface area contributed by atoms with Crippen LogP contribution in [0.15, 0.2) is 65.7 Å². The topological polar surface area (TPSA) is 105 Å². The summed E-state index contributed by atoms with van der Waals surface area (Å²) in [6, 6.07) is 13.9. The van der Waals surface area contributed by atoms with Gasteiger partial charge in [-0.3, -0.25) is 14.5 Å². The Hall–Kier alpha value is -3.26. The number of hydrogen-bond donors (Lipinski definition) is 2. The molecule has 8 heteroatoms. The zero-order valence-corrected chi connectivity index (χ0v) is 16.6. The number of pyridine rings is 1. The maximum atomic E-state index is 12.9. The molecule has 0 saturated heterocycles. The number of hydrogen-bond acceptors (Lipinski definition) is 5. The van der Waals surface area contributed by atoms with Gasteiger partial charge in [0.15, 0.2) is 0 Å². The van der Waals surface area contributed by atoms with Gasteiger partial charge < -0.3 is 10.1 Å².